The van der Waals surface area contributed by atoms with E-state index in [4.69, 9.17) is 4.74 Å². The molecule has 4 rings (SSSR count). The van der Waals surface area contributed by atoms with Crippen molar-refractivity contribution in [3.8, 4) is 16.9 Å². The summed E-state index contributed by atoms with van der Waals surface area (Å²) < 4.78 is 63.5. The monoisotopic (exact) mass is 392 g/mol. The second kappa shape index (κ2) is 7.41. The summed E-state index contributed by atoms with van der Waals surface area (Å²) in [6, 6.07) is 5.39. The predicted molar refractivity (Wildman–Crippen MR) is 100 cm³/mol. The number of hydrogen-bond acceptors (Lipinski definition) is 1. The summed E-state index contributed by atoms with van der Waals surface area (Å²) in [6.07, 6.45) is 4.06. The fourth-order valence-corrected chi connectivity index (χ4v) is 5.34. The van der Waals surface area contributed by atoms with E-state index in [1.165, 1.54) is 18.2 Å². The summed E-state index contributed by atoms with van der Waals surface area (Å²) in [7, 11) is 0. The molecule has 4 unspecified atom stereocenters. The third-order valence-electron chi connectivity index (χ3n) is 6.71. The fourth-order valence-electron chi connectivity index (χ4n) is 5.34. The number of hydrogen-bond donors (Lipinski definition) is 0. The van der Waals surface area contributed by atoms with Gasteiger partial charge < -0.3 is 4.74 Å². The fraction of sp³-hybridized carbons (Fsp3) is 0.478. The number of fused-ring (bicyclic) bond motifs is 1. The zero-order chi connectivity index (χ0) is 20.0. The molecule has 2 saturated carbocycles. The van der Waals surface area contributed by atoms with Crippen LogP contribution in [0.5, 0.6) is 5.75 Å². The molecule has 28 heavy (non-hydrogen) atoms. The van der Waals surface area contributed by atoms with Gasteiger partial charge in [-0.1, -0.05) is 25.5 Å². The molecule has 2 fully saturated rings. The Kier molecular flexibility index (Phi) is 5.11. The highest BCUT2D eigenvalue weighted by atomic mass is 19.2. The van der Waals surface area contributed by atoms with Crippen LogP contribution in [-0.4, -0.2) is 6.61 Å². The molecule has 5 heteroatoms. The van der Waals surface area contributed by atoms with Gasteiger partial charge in [-0.05, 0) is 67.6 Å². The van der Waals surface area contributed by atoms with Crippen LogP contribution in [0.15, 0.2) is 24.3 Å². The molecule has 2 aromatic rings. The molecule has 0 aromatic heterocycles. The van der Waals surface area contributed by atoms with Crippen molar-refractivity contribution in [3.05, 3.63) is 53.1 Å². The smallest absolute Gasteiger partial charge is 0.201 e. The van der Waals surface area contributed by atoms with Crippen molar-refractivity contribution in [2.24, 2.45) is 17.8 Å². The first-order valence-corrected chi connectivity index (χ1v) is 10.0. The van der Waals surface area contributed by atoms with Gasteiger partial charge in [-0.15, -0.1) is 0 Å². The molecule has 2 aliphatic rings. The molecule has 0 amide bonds. The molecule has 0 N–H and O–H groups in total. The van der Waals surface area contributed by atoms with Gasteiger partial charge in [0.25, 0.3) is 0 Å². The van der Waals surface area contributed by atoms with Crippen LogP contribution in [0.1, 0.15) is 51.0 Å². The van der Waals surface area contributed by atoms with Crippen LogP contribution in [0.4, 0.5) is 17.6 Å². The summed E-state index contributed by atoms with van der Waals surface area (Å²) in [4.78, 5) is 0. The third kappa shape index (κ3) is 2.99. The van der Waals surface area contributed by atoms with Gasteiger partial charge in [-0.3, -0.25) is 0 Å². The Hall–Kier alpha value is -2.04. The summed E-state index contributed by atoms with van der Waals surface area (Å²) in [5.74, 6) is -3.13. The minimum atomic E-state index is -1.23. The minimum absolute atomic E-state index is 0.000383. The van der Waals surface area contributed by atoms with Gasteiger partial charge in [-0.25, -0.2) is 13.2 Å². The van der Waals surface area contributed by atoms with E-state index in [1.54, 1.807) is 13.0 Å². The highest BCUT2D eigenvalue weighted by molar-refractivity contribution is 5.67. The maximum atomic E-state index is 15.0. The average Bonchev–Trinajstić information content (AvgIpc) is 3.26. The lowest BCUT2D eigenvalue weighted by Crippen LogP contribution is -2.12. The van der Waals surface area contributed by atoms with Crippen LogP contribution in [0.2, 0.25) is 0 Å². The molecule has 0 radical (unpaired) electrons. The lowest BCUT2D eigenvalue weighted by atomic mass is 9.84. The van der Waals surface area contributed by atoms with Crippen molar-refractivity contribution in [1.29, 1.82) is 0 Å². The largest absolute Gasteiger partial charge is 0.491 e. The van der Waals surface area contributed by atoms with E-state index in [0.717, 1.165) is 25.7 Å². The van der Waals surface area contributed by atoms with E-state index in [2.05, 4.69) is 6.92 Å². The lowest BCUT2D eigenvalue weighted by Gasteiger charge is -2.21. The Morgan fingerprint density at radius 1 is 0.786 bits per heavy atom. The van der Waals surface area contributed by atoms with Crippen LogP contribution in [0.3, 0.4) is 0 Å². The van der Waals surface area contributed by atoms with Crippen LogP contribution in [-0.2, 0) is 0 Å². The van der Waals surface area contributed by atoms with Crippen LogP contribution < -0.4 is 4.74 Å². The number of ether oxygens (including phenoxy) is 1. The van der Waals surface area contributed by atoms with Gasteiger partial charge in [-0.2, -0.15) is 4.39 Å². The molecule has 150 valence electrons. The van der Waals surface area contributed by atoms with Gasteiger partial charge >= 0.3 is 0 Å². The lowest BCUT2D eigenvalue weighted by molar-refractivity contribution is 0.314. The summed E-state index contributed by atoms with van der Waals surface area (Å²) in [5.41, 5.74) is -0.201. The second-order valence-electron chi connectivity index (χ2n) is 8.07. The van der Waals surface area contributed by atoms with Gasteiger partial charge in [0.15, 0.2) is 23.2 Å². The Morgan fingerprint density at radius 3 is 2.14 bits per heavy atom. The van der Waals surface area contributed by atoms with Gasteiger partial charge in [0, 0.05) is 11.1 Å². The molecule has 4 atom stereocenters. The molecule has 0 bridgehead atoms. The third-order valence-corrected chi connectivity index (χ3v) is 6.71. The minimum Gasteiger partial charge on any atom is -0.491 e. The maximum absolute atomic E-state index is 15.0. The molecular formula is C23H24F4O. The Morgan fingerprint density at radius 2 is 1.43 bits per heavy atom. The van der Waals surface area contributed by atoms with E-state index in [9.17, 15) is 17.6 Å². The van der Waals surface area contributed by atoms with Crippen molar-refractivity contribution in [2.45, 2.75) is 45.4 Å². The van der Waals surface area contributed by atoms with Gasteiger partial charge in [0.1, 0.15) is 0 Å². The first-order chi connectivity index (χ1) is 13.4. The second-order valence-corrected chi connectivity index (χ2v) is 8.07. The highest BCUT2D eigenvalue weighted by Gasteiger charge is 2.44. The predicted octanol–water partition coefficient (Wildman–Crippen LogP) is 6.85. The quantitative estimate of drug-likeness (QED) is 0.517. The molecule has 0 saturated heterocycles. The zero-order valence-corrected chi connectivity index (χ0v) is 16.1. The molecular weight excluding hydrogens is 368 g/mol. The topological polar surface area (TPSA) is 9.23 Å². The van der Waals surface area contributed by atoms with Crippen molar-refractivity contribution >= 4 is 0 Å². The van der Waals surface area contributed by atoms with Crippen molar-refractivity contribution in [2.75, 3.05) is 6.61 Å². The van der Waals surface area contributed by atoms with Crippen LogP contribution in [0.25, 0.3) is 11.1 Å². The molecule has 2 aromatic carbocycles. The van der Waals surface area contributed by atoms with Crippen LogP contribution >= 0.6 is 0 Å². The van der Waals surface area contributed by atoms with Gasteiger partial charge in [0.05, 0.1) is 6.61 Å². The van der Waals surface area contributed by atoms with E-state index in [-0.39, 0.29) is 29.4 Å². The van der Waals surface area contributed by atoms with E-state index < -0.39 is 23.3 Å². The molecule has 2 aliphatic carbocycles. The zero-order valence-electron chi connectivity index (χ0n) is 16.1. The average molecular weight is 392 g/mol. The molecule has 1 nitrogen and oxygen atoms in total. The normalized spacial score (nSPS) is 26.5. The molecule has 0 aliphatic heterocycles. The van der Waals surface area contributed by atoms with Gasteiger partial charge in [0.2, 0.25) is 5.82 Å². The Balaban J connectivity index is 1.70. The Labute approximate surface area is 162 Å². The van der Waals surface area contributed by atoms with Crippen molar-refractivity contribution in [1.82, 2.24) is 0 Å². The molecule has 0 heterocycles. The number of benzene rings is 2. The van der Waals surface area contributed by atoms with E-state index >= 15 is 0 Å². The summed E-state index contributed by atoms with van der Waals surface area (Å²) in [5, 5.41) is 0. The number of rotatable bonds is 4. The van der Waals surface area contributed by atoms with Crippen molar-refractivity contribution in [3.63, 3.8) is 0 Å². The molecule has 0 spiro atoms. The summed E-state index contributed by atoms with van der Waals surface area (Å²) >= 11 is 0. The van der Waals surface area contributed by atoms with Crippen LogP contribution in [0, 0.1) is 41.0 Å². The maximum Gasteiger partial charge on any atom is 0.201 e. The SMILES string of the molecule is CCOc1ccc(-c2ccc(C3CCC4C(C)CCC34)c(F)c2F)c(F)c1F. The summed E-state index contributed by atoms with van der Waals surface area (Å²) in [6.45, 7) is 4.06. The first-order valence-electron chi connectivity index (χ1n) is 10.0. The van der Waals surface area contributed by atoms with E-state index in [0.29, 0.717) is 23.3 Å². The standard InChI is InChI=1S/C23H24F4O/c1-3-28-19-11-10-18(22(26)23(19)27)17-9-8-16(20(24)21(17)25)15-7-6-13-12(2)4-5-14(13)15/h8-15H,3-7H2,1-2H3. The Bertz CT molecular complexity index is 895. The number of halogens is 4. The van der Waals surface area contributed by atoms with E-state index in [1.807, 2.05) is 0 Å². The first kappa shape index (κ1) is 19.3. The van der Waals surface area contributed by atoms with Crippen molar-refractivity contribution < 1.29 is 22.3 Å². The highest BCUT2D eigenvalue weighted by Crippen LogP contribution is 2.55.